The van der Waals surface area contributed by atoms with E-state index in [1.807, 2.05) is 31.2 Å². The number of ether oxygens (including phenoxy) is 1. The first kappa shape index (κ1) is 14.0. The molecule has 0 aliphatic rings. The Morgan fingerprint density at radius 3 is 2.68 bits per heavy atom. The lowest BCUT2D eigenvalue weighted by Crippen LogP contribution is -2.19. The van der Waals surface area contributed by atoms with Gasteiger partial charge in [-0.1, -0.05) is 28.1 Å². The lowest BCUT2D eigenvalue weighted by molar-refractivity contribution is 0.463. The molecule has 2 aromatic rings. The van der Waals surface area contributed by atoms with Crippen LogP contribution in [-0.2, 0) is 6.42 Å². The number of halogens is 2. The summed E-state index contributed by atoms with van der Waals surface area (Å²) in [6.45, 7) is 1.84. The maximum Gasteiger partial charge on any atom is 0.133 e. The highest BCUT2D eigenvalue weighted by atomic mass is 79.9. The third-order valence-corrected chi connectivity index (χ3v) is 3.12. The standard InChI is InChI=1S/C15H15BrFNO/c1-10(18)8-13-14(17)6-3-7-15(13)19-12-5-2-4-11(16)9-12/h2-7,9-10H,8,18H2,1H3. The van der Waals surface area contributed by atoms with Crippen LogP contribution in [0.5, 0.6) is 11.5 Å². The van der Waals surface area contributed by atoms with Gasteiger partial charge in [0.2, 0.25) is 0 Å². The Morgan fingerprint density at radius 1 is 1.26 bits per heavy atom. The van der Waals surface area contributed by atoms with Gasteiger partial charge in [0.1, 0.15) is 17.3 Å². The molecule has 0 aromatic heterocycles. The molecule has 2 rings (SSSR count). The highest BCUT2D eigenvalue weighted by Crippen LogP contribution is 2.29. The summed E-state index contributed by atoms with van der Waals surface area (Å²) < 4.78 is 20.5. The first-order chi connectivity index (χ1) is 9.06. The lowest BCUT2D eigenvalue weighted by atomic mass is 10.1. The fraction of sp³-hybridized carbons (Fsp3) is 0.200. The Kier molecular flexibility index (Phi) is 4.56. The fourth-order valence-corrected chi connectivity index (χ4v) is 2.19. The summed E-state index contributed by atoms with van der Waals surface area (Å²) in [6, 6.07) is 12.1. The molecule has 100 valence electrons. The minimum absolute atomic E-state index is 0.123. The highest BCUT2D eigenvalue weighted by molar-refractivity contribution is 9.10. The maximum absolute atomic E-state index is 13.8. The van der Waals surface area contributed by atoms with Crippen molar-refractivity contribution in [3.05, 3.63) is 58.3 Å². The topological polar surface area (TPSA) is 35.2 Å². The molecule has 2 aromatic carbocycles. The van der Waals surface area contributed by atoms with Crippen molar-refractivity contribution in [3.63, 3.8) is 0 Å². The summed E-state index contributed by atoms with van der Waals surface area (Å²) in [6.07, 6.45) is 0.440. The van der Waals surface area contributed by atoms with Gasteiger partial charge in [0.05, 0.1) is 0 Å². The van der Waals surface area contributed by atoms with Gasteiger partial charge in [-0.05, 0) is 43.7 Å². The molecular weight excluding hydrogens is 309 g/mol. The van der Waals surface area contributed by atoms with Crippen molar-refractivity contribution < 1.29 is 9.13 Å². The molecule has 4 heteroatoms. The second-order valence-corrected chi connectivity index (χ2v) is 5.37. The molecule has 0 saturated heterocycles. The van der Waals surface area contributed by atoms with E-state index in [0.29, 0.717) is 23.5 Å². The quantitative estimate of drug-likeness (QED) is 0.911. The van der Waals surface area contributed by atoms with Crippen molar-refractivity contribution in [1.29, 1.82) is 0 Å². The van der Waals surface area contributed by atoms with E-state index in [1.54, 1.807) is 12.1 Å². The number of hydrogen-bond acceptors (Lipinski definition) is 2. The fourth-order valence-electron chi connectivity index (χ4n) is 1.81. The summed E-state index contributed by atoms with van der Waals surface area (Å²) in [5, 5.41) is 0. The van der Waals surface area contributed by atoms with E-state index in [4.69, 9.17) is 10.5 Å². The smallest absolute Gasteiger partial charge is 0.133 e. The van der Waals surface area contributed by atoms with Crippen LogP contribution in [0, 0.1) is 5.82 Å². The van der Waals surface area contributed by atoms with Gasteiger partial charge in [-0.25, -0.2) is 4.39 Å². The zero-order valence-corrected chi connectivity index (χ0v) is 12.2. The molecule has 1 atom stereocenters. The van der Waals surface area contributed by atoms with Crippen molar-refractivity contribution in [2.75, 3.05) is 0 Å². The molecule has 0 heterocycles. The lowest BCUT2D eigenvalue weighted by Gasteiger charge is -2.13. The molecule has 0 bridgehead atoms. The third kappa shape index (κ3) is 3.78. The van der Waals surface area contributed by atoms with Gasteiger partial charge in [0.25, 0.3) is 0 Å². The van der Waals surface area contributed by atoms with Crippen LogP contribution < -0.4 is 10.5 Å². The average Bonchev–Trinajstić information content (AvgIpc) is 2.33. The molecule has 2 N–H and O–H groups in total. The van der Waals surface area contributed by atoms with E-state index in [1.165, 1.54) is 6.07 Å². The van der Waals surface area contributed by atoms with Gasteiger partial charge < -0.3 is 10.5 Å². The summed E-state index contributed by atoms with van der Waals surface area (Å²) in [4.78, 5) is 0. The van der Waals surface area contributed by atoms with E-state index in [2.05, 4.69) is 15.9 Å². The van der Waals surface area contributed by atoms with Crippen molar-refractivity contribution in [2.24, 2.45) is 5.73 Å². The van der Waals surface area contributed by atoms with Crippen LogP contribution in [0.2, 0.25) is 0 Å². The van der Waals surface area contributed by atoms with Crippen LogP contribution in [0.1, 0.15) is 12.5 Å². The molecule has 0 fully saturated rings. The van der Waals surface area contributed by atoms with Crippen LogP contribution in [-0.4, -0.2) is 6.04 Å². The van der Waals surface area contributed by atoms with Crippen molar-refractivity contribution in [3.8, 4) is 11.5 Å². The van der Waals surface area contributed by atoms with E-state index in [-0.39, 0.29) is 11.9 Å². The normalized spacial score (nSPS) is 12.2. The molecule has 1 unspecified atom stereocenters. The molecule has 0 aliphatic heterocycles. The van der Waals surface area contributed by atoms with Gasteiger partial charge in [-0.15, -0.1) is 0 Å². The van der Waals surface area contributed by atoms with E-state index >= 15 is 0 Å². The minimum Gasteiger partial charge on any atom is -0.457 e. The van der Waals surface area contributed by atoms with E-state index in [9.17, 15) is 4.39 Å². The first-order valence-electron chi connectivity index (χ1n) is 6.02. The summed E-state index contributed by atoms with van der Waals surface area (Å²) >= 11 is 3.37. The third-order valence-electron chi connectivity index (χ3n) is 2.63. The predicted octanol–water partition coefficient (Wildman–Crippen LogP) is 4.27. The Bertz CT molecular complexity index is 572. The number of benzene rings is 2. The molecule has 0 aliphatic carbocycles. The molecule has 2 nitrogen and oxygen atoms in total. The number of nitrogens with two attached hydrogens (primary N) is 1. The molecule has 0 saturated carbocycles. The van der Waals surface area contributed by atoms with E-state index < -0.39 is 0 Å². The highest BCUT2D eigenvalue weighted by Gasteiger charge is 2.12. The largest absolute Gasteiger partial charge is 0.457 e. The molecule has 0 spiro atoms. The average molecular weight is 324 g/mol. The molecule has 19 heavy (non-hydrogen) atoms. The van der Waals surface area contributed by atoms with Gasteiger partial charge >= 0.3 is 0 Å². The van der Waals surface area contributed by atoms with Crippen molar-refractivity contribution in [1.82, 2.24) is 0 Å². The van der Waals surface area contributed by atoms with Crippen molar-refractivity contribution >= 4 is 15.9 Å². The molecule has 0 radical (unpaired) electrons. The van der Waals surface area contributed by atoms with Crippen LogP contribution in [0.25, 0.3) is 0 Å². The summed E-state index contributed by atoms with van der Waals surface area (Å²) in [5.41, 5.74) is 6.26. The van der Waals surface area contributed by atoms with Gasteiger partial charge in [-0.2, -0.15) is 0 Å². The SMILES string of the molecule is CC(N)Cc1c(F)cccc1Oc1cccc(Br)c1. The maximum atomic E-state index is 13.8. The summed E-state index contributed by atoms with van der Waals surface area (Å²) in [5.74, 6) is 0.881. The number of hydrogen-bond donors (Lipinski definition) is 1. The van der Waals surface area contributed by atoms with Crippen LogP contribution >= 0.6 is 15.9 Å². The van der Waals surface area contributed by atoms with Gasteiger partial charge in [-0.3, -0.25) is 0 Å². The molecular formula is C15H15BrFNO. The Balaban J connectivity index is 2.31. The van der Waals surface area contributed by atoms with Crippen LogP contribution in [0.15, 0.2) is 46.9 Å². The second kappa shape index (κ2) is 6.17. The van der Waals surface area contributed by atoms with Gasteiger partial charge in [0, 0.05) is 16.1 Å². The van der Waals surface area contributed by atoms with Gasteiger partial charge in [0.15, 0.2) is 0 Å². The number of rotatable bonds is 4. The summed E-state index contributed by atoms with van der Waals surface area (Å²) in [7, 11) is 0. The Hall–Kier alpha value is -1.39. The molecule has 0 amide bonds. The Morgan fingerprint density at radius 2 is 2.00 bits per heavy atom. The van der Waals surface area contributed by atoms with E-state index in [0.717, 1.165) is 4.47 Å². The Labute approximate surface area is 120 Å². The van der Waals surface area contributed by atoms with Crippen LogP contribution in [0.4, 0.5) is 4.39 Å². The van der Waals surface area contributed by atoms with Crippen molar-refractivity contribution in [2.45, 2.75) is 19.4 Å². The first-order valence-corrected chi connectivity index (χ1v) is 6.82. The predicted molar refractivity (Wildman–Crippen MR) is 78.0 cm³/mol. The minimum atomic E-state index is -0.287. The second-order valence-electron chi connectivity index (χ2n) is 4.46. The van der Waals surface area contributed by atoms with Crippen LogP contribution in [0.3, 0.4) is 0 Å². The zero-order chi connectivity index (χ0) is 13.8. The monoisotopic (exact) mass is 323 g/mol. The zero-order valence-electron chi connectivity index (χ0n) is 10.6.